The minimum absolute atomic E-state index is 0.0203. The Morgan fingerprint density at radius 1 is 1.32 bits per heavy atom. The van der Waals surface area contributed by atoms with Gasteiger partial charge in [-0.2, -0.15) is 0 Å². The van der Waals surface area contributed by atoms with E-state index in [-0.39, 0.29) is 11.8 Å². The van der Waals surface area contributed by atoms with E-state index in [1.54, 1.807) is 7.05 Å². The molecule has 1 saturated heterocycles. The summed E-state index contributed by atoms with van der Waals surface area (Å²) in [5.74, 6) is 0.615. The number of likely N-dealkylation sites (tertiary alicyclic amines) is 1. The number of primary amides is 1. The minimum Gasteiger partial charge on any atom is -0.369 e. The lowest BCUT2D eigenvalue weighted by atomic mass is 9.97. The molecule has 1 aromatic carbocycles. The summed E-state index contributed by atoms with van der Waals surface area (Å²) in [7, 11) is 1.80. The standard InChI is InChI=1S/C24H35N5OS/c1-17(12-22-10-9-18(2)31-22)28-24(26-3)27-14-19-6-4-7-20(13-19)15-29-11-5-8-21(16-29)23(25)30/h4,6-7,9-10,13,17,21H,5,8,11-12,14-16H2,1-3H3,(H2,25,30)(H2,26,27,28). The smallest absolute Gasteiger partial charge is 0.221 e. The third-order valence-electron chi connectivity index (χ3n) is 5.68. The van der Waals surface area contributed by atoms with Gasteiger partial charge in [0, 0.05) is 48.9 Å². The van der Waals surface area contributed by atoms with E-state index in [2.05, 4.69) is 70.8 Å². The Labute approximate surface area is 189 Å². The van der Waals surface area contributed by atoms with Crippen LogP contribution in [0.5, 0.6) is 0 Å². The average Bonchev–Trinajstić information content (AvgIpc) is 3.16. The van der Waals surface area contributed by atoms with Crippen LogP contribution in [0.4, 0.5) is 0 Å². The van der Waals surface area contributed by atoms with Gasteiger partial charge in [-0.1, -0.05) is 24.3 Å². The number of aliphatic imine (C=N–C) groups is 1. The first-order chi connectivity index (χ1) is 14.9. The van der Waals surface area contributed by atoms with E-state index in [0.29, 0.717) is 12.6 Å². The third-order valence-corrected chi connectivity index (χ3v) is 6.70. The molecule has 1 fully saturated rings. The summed E-state index contributed by atoms with van der Waals surface area (Å²) in [6.45, 7) is 7.66. The van der Waals surface area contributed by atoms with Gasteiger partial charge in [0.15, 0.2) is 5.96 Å². The maximum absolute atomic E-state index is 11.5. The molecule has 2 atom stereocenters. The second kappa shape index (κ2) is 11.3. The highest BCUT2D eigenvalue weighted by Gasteiger charge is 2.23. The number of benzene rings is 1. The fourth-order valence-electron chi connectivity index (χ4n) is 4.09. The molecule has 2 heterocycles. The molecule has 0 bridgehead atoms. The van der Waals surface area contributed by atoms with Gasteiger partial charge in [0.2, 0.25) is 5.91 Å². The van der Waals surface area contributed by atoms with Crippen LogP contribution in [0.25, 0.3) is 0 Å². The van der Waals surface area contributed by atoms with Crippen molar-refractivity contribution in [1.29, 1.82) is 0 Å². The van der Waals surface area contributed by atoms with Crippen LogP contribution in [-0.2, 0) is 24.3 Å². The zero-order valence-corrected chi connectivity index (χ0v) is 19.7. The molecule has 1 aromatic heterocycles. The number of hydrogen-bond acceptors (Lipinski definition) is 4. The molecule has 1 aliphatic rings. The summed E-state index contributed by atoms with van der Waals surface area (Å²) in [4.78, 5) is 21.0. The van der Waals surface area contributed by atoms with Crippen molar-refractivity contribution in [3.63, 3.8) is 0 Å². The molecule has 31 heavy (non-hydrogen) atoms. The number of amides is 1. The summed E-state index contributed by atoms with van der Waals surface area (Å²) in [5, 5.41) is 6.91. The number of thiophene rings is 1. The first kappa shape index (κ1) is 23.3. The van der Waals surface area contributed by atoms with Gasteiger partial charge in [0.25, 0.3) is 0 Å². The van der Waals surface area contributed by atoms with Crippen molar-refractivity contribution in [3.05, 3.63) is 57.3 Å². The lowest BCUT2D eigenvalue weighted by Gasteiger charge is -2.31. The molecule has 0 radical (unpaired) electrons. The quantitative estimate of drug-likeness (QED) is 0.434. The predicted molar refractivity (Wildman–Crippen MR) is 129 cm³/mol. The van der Waals surface area contributed by atoms with E-state index in [1.807, 2.05) is 11.3 Å². The second-order valence-corrected chi connectivity index (χ2v) is 9.86. The lowest BCUT2D eigenvalue weighted by Crippen LogP contribution is -2.42. The summed E-state index contributed by atoms with van der Waals surface area (Å²) >= 11 is 1.85. The van der Waals surface area contributed by atoms with Crippen LogP contribution in [0, 0.1) is 12.8 Å². The molecule has 0 saturated carbocycles. The summed E-state index contributed by atoms with van der Waals surface area (Å²) < 4.78 is 0. The van der Waals surface area contributed by atoms with Crippen LogP contribution in [0.15, 0.2) is 41.4 Å². The number of guanidine groups is 1. The van der Waals surface area contributed by atoms with Gasteiger partial charge < -0.3 is 16.4 Å². The lowest BCUT2D eigenvalue weighted by molar-refractivity contribution is -0.123. The molecule has 0 spiro atoms. The molecule has 6 nitrogen and oxygen atoms in total. The summed E-state index contributed by atoms with van der Waals surface area (Å²) in [6.07, 6.45) is 2.92. The normalized spacial score (nSPS) is 18.5. The molecular formula is C24H35N5OS. The first-order valence-corrected chi connectivity index (χ1v) is 11.9. The summed E-state index contributed by atoms with van der Waals surface area (Å²) in [5.41, 5.74) is 7.99. The molecule has 7 heteroatoms. The molecule has 168 valence electrons. The highest BCUT2D eigenvalue weighted by Crippen LogP contribution is 2.19. The highest BCUT2D eigenvalue weighted by atomic mass is 32.1. The minimum atomic E-state index is -0.176. The topological polar surface area (TPSA) is 82.8 Å². The Morgan fingerprint density at radius 2 is 2.13 bits per heavy atom. The molecule has 1 aliphatic heterocycles. The van der Waals surface area contributed by atoms with Crippen LogP contribution in [0.2, 0.25) is 0 Å². The maximum Gasteiger partial charge on any atom is 0.221 e. The molecule has 4 N–H and O–H groups in total. The van der Waals surface area contributed by atoms with Crippen molar-refractivity contribution >= 4 is 23.2 Å². The van der Waals surface area contributed by atoms with E-state index < -0.39 is 0 Å². The van der Waals surface area contributed by atoms with Crippen LogP contribution >= 0.6 is 11.3 Å². The molecule has 1 amide bonds. The highest BCUT2D eigenvalue weighted by molar-refractivity contribution is 7.11. The van der Waals surface area contributed by atoms with Crippen LogP contribution in [0.1, 0.15) is 40.6 Å². The van der Waals surface area contributed by atoms with Gasteiger partial charge in [-0.05, 0) is 56.5 Å². The SMILES string of the molecule is CN=C(NCc1cccc(CN2CCCC(C(N)=O)C2)c1)NC(C)Cc1ccc(C)s1. The Kier molecular flexibility index (Phi) is 8.49. The van der Waals surface area contributed by atoms with Gasteiger partial charge in [0.1, 0.15) is 0 Å². The molecular weight excluding hydrogens is 406 g/mol. The van der Waals surface area contributed by atoms with E-state index in [9.17, 15) is 4.79 Å². The van der Waals surface area contributed by atoms with Crippen LogP contribution < -0.4 is 16.4 Å². The van der Waals surface area contributed by atoms with Crippen molar-refractivity contribution < 1.29 is 4.79 Å². The molecule has 3 rings (SSSR count). The van der Waals surface area contributed by atoms with Crippen molar-refractivity contribution in [2.75, 3.05) is 20.1 Å². The second-order valence-electron chi connectivity index (χ2n) is 8.48. The Morgan fingerprint density at radius 3 is 2.84 bits per heavy atom. The van der Waals surface area contributed by atoms with Gasteiger partial charge in [-0.25, -0.2) is 0 Å². The van der Waals surface area contributed by atoms with Crippen molar-refractivity contribution in [1.82, 2.24) is 15.5 Å². The number of nitrogens with zero attached hydrogens (tertiary/aromatic N) is 2. The number of nitrogens with two attached hydrogens (primary N) is 1. The van der Waals surface area contributed by atoms with Gasteiger partial charge in [0.05, 0.1) is 5.92 Å². The monoisotopic (exact) mass is 441 g/mol. The Hall–Kier alpha value is -2.38. The molecule has 2 unspecified atom stereocenters. The molecule has 0 aliphatic carbocycles. The number of carbonyl (C=O) groups is 1. The Balaban J connectivity index is 1.49. The first-order valence-electron chi connectivity index (χ1n) is 11.0. The summed E-state index contributed by atoms with van der Waals surface area (Å²) in [6, 6.07) is 13.3. The largest absolute Gasteiger partial charge is 0.369 e. The zero-order chi connectivity index (χ0) is 22.2. The van der Waals surface area contributed by atoms with Crippen molar-refractivity contribution in [2.45, 2.75) is 52.2 Å². The van der Waals surface area contributed by atoms with E-state index in [1.165, 1.54) is 20.9 Å². The molecule has 2 aromatic rings. The number of carbonyl (C=O) groups excluding carboxylic acids is 1. The van der Waals surface area contributed by atoms with E-state index in [4.69, 9.17) is 5.73 Å². The predicted octanol–water partition coefficient (Wildman–Crippen LogP) is 3.05. The van der Waals surface area contributed by atoms with Crippen LogP contribution in [-0.4, -0.2) is 42.9 Å². The number of rotatable bonds is 8. The number of piperidine rings is 1. The van der Waals surface area contributed by atoms with Crippen molar-refractivity contribution in [2.24, 2.45) is 16.6 Å². The third kappa shape index (κ3) is 7.36. The number of aryl methyl sites for hydroxylation is 1. The number of nitrogens with one attached hydrogen (secondary N) is 2. The van der Waals surface area contributed by atoms with E-state index >= 15 is 0 Å². The maximum atomic E-state index is 11.5. The van der Waals surface area contributed by atoms with E-state index in [0.717, 1.165) is 44.9 Å². The fraction of sp³-hybridized carbons (Fsp3) is 0.500. The fourth-order valence-corrected chi connectivity index (χ4v) is 5.11. The Bertz CT molecular complexity index is 894. The van der Waals surface area contributed by atoms with Crippen molar-refractivity contribution in [3.8, 4) is 0 Å². The zero-order valence-electron chi connectivity index (χ0n) is 18.9. The van der Waals surface area contributed by atoms with Gasteiger partial charge >= 0.3 is 0 Å². The van der Waals surface area contributed by atoms with Crippen LogP contribution in [0.3, 0.4) is 0 Å². The van der Waals surface area contributed by atoms with Gasteiger partial charge in [-0.3, -0.25) is 14.7 Å². The number of hydrogen-bond donors (Lipinski definition) is 3. The van der Waals surface area contributed by atoms with Gasteiger partial charge in [-0.15, -0.1) is 11.3 Å². The average molecular weight is 442 g/mol.